The number of halogens is 1. The standard InChI is InChI=1S/C22H21ClN4O4S2/c1-2-31-17-6-4-16(5-7-17)26(22-25-18-12-33(29,30)13-19(18)32-22)11-15-9-21(28)27-10-14(23)3-8-20(27)24-15/h3-10,18-19H,2,11-13H2,1H3/t18-,19-/m1/s1. The van der Waals surface area contributed by atoms with Crippen LogP contribution in [0, 0.1) is 0 Å². The molecule has 0 saturated carbocycles. The Balaban J connectivity index is 1.51. The number of anilines is 1. The smallest absolute Gasteiger partial charge is 0.258 e. The van der Waals surface area contributed by atoms with Gasteiger partial charge in [0.05, 0.1) is 41.4 Å². The van der Waals surface area contributed by atoms with Crippen LogP contribution in [0.4, 0.5) is 5.69 Å². The van der Waals surface area contributed by atoms with Gasteiger partial charge in [0.15, 0.2) is 15.0 Å². The molecule has 172 valence electrons. The first-order valence-corrected chi connectivity index (χ1v) is 13.5. The van der Waals surface area contributed by atoms with Crippen LogP contribution in [0.15, 0.2) is 58.4 Å². The van der Waals surface area contributed by atoms with E-state index in [0.717, 1.165) is 16.6 Å². The maximum atomic E-state index is 12.7. The second-order valence-electron chi connectivity index (χ2n) is 7.89. The zero-order valence-corrected chi connectivity index (χ0v) is 20.1. The van der Waals surface area contributed by atoms with Crippen LogP contribution in [0.1, 0.15) is 12.6 Å². The molecule has 0 amide bonds. The first kappa shape index (κ1) is 22.2. The summed E-state index contributed by atoms with van der Waals surface area (Å²) in [5.41, 5.74) is 1.69. The number of sulfone groups is 1. The molecule has 11 heteroatoms. The molecule has 0 unspecified atom stereocenters. The van der Waals surface area contributed by atoms with Crippen LogP contribution in [0.5, 0.6) is 5.75 Å². The van der Waals surface area contributed by atoms with Gasteiger partial charge in [-0.25, -0.2) is 13.4 Å². The number of hydrogen-bond donors (Lipinski definition) is 0. The van der Waals surface area contributed by atoms with E-state index in [0.29, 0.717) is 29.5 Å². The summed E-state index contributed by atoms with van der Waals surface area (Å²) in [5, 5.41) is 1.09. The largest absolute Gasteiger partial charge is 0.494 e. The number of amidine groups is 1. The lowest BCUT2D eigenvalue weighted by Gasteiger charge is -2.24. The number of pyridine rings is 1. The molecular formula is C22H21ClN4O4S2. The summed E-state index contributed by atoms with van der Waals surface area (Å²) in [6.07, 6.45) is 1.54. The van der Waals surface area contributed by atoms with Crippen molar-refractivity contribution in [1.82, 2.24) is 9.38 Å². The third kappa shape index (κ3) is 4.60. The number of benzene rings is 1. The molecule has 4 heterocycles. The first-order valence-electron chi connectivity index (χ1n) is 10.4. The summed E-state index contributed by atoms with van der Waals surface area (Å²) in [4.78, 5) is 24.0. The van der Waals surface area contributed by atoms with Crippen LogP contribution in [-0.4, -0.2) is 52.4 Å². The summed E-state index contributed by atoms with van der Waals surface area (Å²) in [6, 6.07) is 12.2. The van der Waals surface area contributed by atoms with Crippen molar-refractivity contribution in [3.8, 4) is 5.75 Å². The van der Waals surface area contributed by atoms with Crippen molar-refractivity contribution in [2.24, 2.45) is 4.99 Å². The molecule has 8 nitrogen and oxygen atoms in total. The van der Waals surface area contributed by atoms with Gasteiger partial charge in [-0.2, -0.15) is 0 Å². The van der Waals surface area contributed by atoms with Crippen LogP contribution in [0.25, 0.3) is 5.65 Å². The van der Waals surface area contributed by atoms with Gasteiger partial charge in [0.2, 0.25) is 0 Å². The number of nitrogens with zero attached hydrogens (tertiary/aromatic N) is 4. The van der Waals surface area contributed by atoms with Crippen molar-refractivity contribution in [1.29, 1.82) is 0 Å². The molecule has 1 fully saturated rings. The molecule has 0 N–H and O–H groups in total. The molecule has 5 rings (SSSR count). The van der Waals surface area contributed by atoms with Crippen LogP contribution in [0.3, 0.4) is 0 Å². The predicted octanol–water partition coefficient (Wildman–Crippen LogP) is 3.02. The highest BCUT2D eigenvalue weighted by Crippen LogP contribution is 2.37. The van der Waals surface area contributed by atoms with E-state index in [-0.39, 0.29) is 28.4 Å². The Labute approximate surface area is 200 Å². The van der Waals surface area contributed by atoms with Gasteiger partial charge in [0, 0.05) is 23.2 Å². The van der Waals surface area contributed by atoms with Crippen LogP contribution < -0.4 is 15.2 Å². The lowest BCUT2D eigenvalue weighted by atomic mass is 10.2. The Hall–Kier alpha value is -2.56. The van der Waals surface area contributed by atoms with E-state index in [1.807, 2.05) is 36.1 Å². The summed E-state index contributed by atoms with van der Waals surface area (Å²) in [5.74, 6) is 0.953. The monoisotopic (exact) mass is 504 g/mol. The van der Waals surface area contributed by atoms with Crippen LogP contribution in [-0.2, 0) is 16.4 Å². The Kier molecular flexibility index (Phi) is 5.84. The van der Waals surface area contributed by atoms with Gasteiger partial charge >= 0.3 is 0 Å². The van der Waals surface area contributed by atoms with Crippen molar-refractivity contribution in [2.45, 2.75) is 24.8 Å². The highest BCUT2D eigenvalue weighted by Gasteiger charge is 2.44. The van der Waals surface area contributed by atoms with Crippen molar-refractivity contribution in [2.75, 3.05) is 23.0 Å². The molecule has 2 aliphatic rings. The molecule has 0 spiro atoms. The second kappa shape index (κ2) is 8.66. The number of aliphatic imine (C=N–C) groups is 1. The van der Waals surface area contributed by atoms with E-state index >= 15 is 0 Å². The number of thioether (sulfide) groups is 1. The van der Waals surface area contributed by atoms with Crippen molar-refractivity contribution in [3.05, 3.63) is 69.7 Å². The van der Waals surface area contributed by atoms with Crippen molar-refractivity contribution in [3.63, 3.8) is 0 Å². The zero-order chi connectivity index (χ0) is 23.2. The minimum Gasteiger partial charge on any atom is -0.494 e. The Morgan fingerprint density at radius 3 is 2.73 bits per heavy atom. The number of fused-ring (bicyclic) bond motifs is 2. The van der Waals surface area contributed by atoms with Gasteiger partial charge in [-0.15, -0.1) is 0 Å². The highest BCUT2D eigenvalue weighted by molar-refractivity contribution is 8.15. The minimum atomic E-state index is -3.05. The van der Waals surface area contributed by atoms with E-state index in [4.69, 9.17) is 21.3 Å². The normalized spacial score (nSPS) is 21.1. The quantitative estimate of drug-likeness (QED) is 0.527. The fourth-order valence-corrected chi connectivity index (χ4v) is 7.94. The van der Waals surface area contributed by atoms with Gasteiger partial charge in [-0.1, -0.05) is 23.4 Å². The summed E-state index contributed by atoms with van der Waals surface area (Å²) < 4.78 is 31.0. The molecule has 0 aliphatic carbocycles. The average Bonchev–Trinajstić information content (AvgIpc) is 3.27. The minimum absolute atomic E-state index is 0.0710. The number of rotatable bonds is 5. The molecule has 33 heavy (non-hydrogen) atoms. The van der Waals surface area contributed by atoms with E-state index in [9.17, 15) is 13.2 Å². The van der Waals surface area contributed by atoms with Crippen LogP contribution >= 0.6 is 23.4 Å². The molecule has 0 radical (unpaired) electrons. The second-order valence-corrected chi connectivity index (χ2v) is 11.7. The van der Waals surface area contributed by atoms with Gasteiger partial charge in [-0.3, -0.25) is 14.2 Å². The molecule has 3 aromatic rings. The summed E-state index contributed by atoms with van der Waals surface area (Å²) in [6.45, 7) is 2.80. The molecule has 1 saturated heterocycles. The molecule has 1 aromatic carbocycles. The highest BCUT2D eigenvalue weighted by atomic mass is 35.5. The molecular weight excluding hydrogens is 484 g/mol. The van der Waals surface area contributed by atoms with Crippen molar-refractivity contribution >= 4 is 49.7 Å². The van der Waals surface area contributed by atoms with Gasteiger partial charge < -0.3 is 9.64 Å². The molecule has 2 aliphatic heterocycles. The van der Waals surface area contributed by atoms with Crippen LogP contribution in [0.2, 0.25) is 5.02 Å². The maximum Gasteiger partial charge on any atom is 0.258 e. The maximum absolute atomic E-state index is 12.7. The molecule has 2 aromatic heterocycles. The first-order chi connectivity index (χ1) is 15.8. The Morgan fingerprint density at radius 1 is 1.21 bits per heavy atom. The van der Waals surface area contributed by atoms with Crippen molar-refractivity contribution < 1.29 is 13.2 Å². The summed E-state index contributed by atoms with van der Waals surface area (Å²) in [7, 11) is -3.05. The number of aromatic nitrogens is 2. The molecule has 2 atom stereocenters. The van der Waals surface area contributed by atoms with E-state index in [1.54, 1.807) is 18.3 Å². The third-order valence-electron chi connectivity index (χ3n) is 5.49. The zero-order valence-electron chi connectivity index (χ0n) is 17.7. The third-order valence-corrected chi connectivity index (χ3v) is 8.96. The number of hydrogen-bond acceptors (Lipinski definition) is 8. The Bertz CT molecular complexity index is 1410. The van der Waals surface area contributed by atoms with Gasteiger partial charge in [-0.05, 0) is 43.3 Å². The van der Waals surface area contributed by atoms with Gasteiger partial charge in [0.1, 0.15) is 11.4 Å². The lowest BCUT2D eigenvalue weighted by Crippen LogP contribution is -2.29. The summed E-state index contributed by atoms with van der Waals surface area (Å²) >= 11 is 7.48. The SMILES string of the molecule is CCOc1ccc(N(Cc2cc(=O)n3cc(Cl)ccc3n2)C2=N[C@@H]3CS(=O)(=O)C[C@H]3S2)cc1. The Morgan fingerprint density at radius 2 is 2.00 bits per heavy atom. The topological polar surface area (TPSA) is 93.3 Å². The molecule has 0 bridgehead atoms. The lowest BCUT2D eigenvalue weighted by molar-refractivity contribution is 0.340. The average molecular weight is 505 g/mol. The van der Waals surface area contributed by atoms with E-state index in [2.05, 4.69) is 4.98 Å². The fourth-order valence-electron chi connectivity index (χ4n) is 4.00. The number of ether oxygens (including phenoxy) is 1. The van der Waals surface area contributed by atoms with E-state index in [1.165, 1.54) is 22.2 Å². The predicted molar refractivity (Wildman–Crippen MR) is 132 cm³/mol. The van der Waals surface area contributed by atoms with E-state index < -0.39 is 9.84 Å². The fraction of sp³-hybridized carbons (Fsp3) is 0.318. The van der Waals surface area contributed by atoms with Gasteiger partial charge in [0.25, 0.3) is 5.56 Å².